The number of amides is 1. The van der Waals surface area contributed by atoms with Crippen molar-refractivity contribution < 1.29 is 19.4 Å². The molecule has 5 nitrogen and oxygen atoms in total. The van der Waals surface area contributed by atoms with Gasteiger partial charge in [0.15, 0.2) is 0 Å². The highest BCUT2D eigenvalue weighted by atomic mass is 19.1. The van der Waals surface area contributed by atoms with Crippen LogP contribution in [0.25, 0.3) is 0 Å². The van der Waals surface area contributed by atoms with E-state index in [1.54, 1.807) is 29.8 Å². The molecular formula is C17H25FN2O3. The van der Waals surface area contributed by atoms with Crippen LogP contribution < -0.4 is 0 Å². The second-order valence-electron chi connectivity index (χ2n) is 6.33. The van der Waals surface area contributed by atoms with Gasteiger partial charge in [-0.1, -0.05) is 6.07 Å². The molecule has 23 heavy (non-hydrogen) atoms. The van der Waals surface area contributed by atoms with E-state index in [9.17, 15) is 19.4 Å². The van der Waals surface area contributed by atoms with Crippen molar-refractivity contribution >= 4 is 5.91 Å². The van der Waals surface area contributed by atoms with Crippen molar-refractivity contribution in [3.63, 3.8) is 0 Å². The lowest BCUT2D eigenvalue weighted by Crippen LogP contribution is -2.45. The number of hydrogen-bond donors (Lipinski definition) is 2. The number of aliphatic hydroxyl groups excluding tert-OH is 2. The average Bonchev–Trinajstić information content (AvgIpc) is 2.47. The molecule has 1 atom stereocenters. The van der Waals surface area contributed by atoms with Gasteiger partial charge in [0.25, 0.3) is 0 Å². The lowest BCUT2D eigenvalue weighted by Gasteiger charge is -2.31. The van der Waals surface area contributed by atoms with Crippen LogP contribution in [0.4, 0.5) is 4.39 Å². The summed E-state index contributed by atoms with van der Waals surface area (Å²) in [7, 11) is 1.78. The van der Waals surface area contributed by atoms with Crippen molar-refractivity contribution in [1.82, 2.24) is 9.80 Å². The van der Waals surface area contributed by atoms with Gasteiger partial charge in [-0.25, -0.2) is 4.39 Å². The largest absolute Gasteiger partial charge is 0.393 e. The summed E-state index contributed by atoms with van der Waals surface area (Å²) in [5, 5.41) is 19.8. The molecule has 2 N–H and O–H groups in total. The van der Waals surface area contributed by atoms with Crippen LogP contribution >= 0.6 is 0 Å². The number of hydrogen-bond acceptors (Lipinski definition) is 4. The predicted octanol–water partition coefficient (Wildman–Crippen LogP) is 1.08. The molecule has 1 aliphatic rings. The molecule has 1 aromatic rings. The zero-order valence-corrected chi connectivity index (χ0v) is 13.7. The van der Waals surface area contributed by atoms with Crippen LogP contribution in [0.15, 0.2) is 18.2 Å². The topological polar surface area (TPSA) is 64.0 Å². The molecule has 1 saturated heterocycles. The second-order valence-corrected chi connectivity index (χ2v) is 6.33. The SMILES string of the molecule is Cc1cc(F)ccc1C(O)CN(C)CC(=O)N1CCC(O)CC1. The third-order valence-corrected chi connectivity index (χ3v) is 4.30. The van der Waals surface area contributed by atoms with E-state index in [-0.39, 0.29) is 24.4 Å². The van der Waals surface area contributed by atoms with E-state index in [0.717, 1.165) is 0 Å². The molecule has 2 rings (SSSR count). The van der Waals surface area contributed by atoms with E-state index in [2.05, 4.69) is 0 Å². The van der Waals surface area contributed by atoms with Crippen LogP contribution in [-0.4, -0.2) is 65.3 Å². The van der Waals surface area contributed by atoms with Gasteiger partial charge in [0.05, 0.1) is 18.8 Å². The highest BCUT2D eigenvalue weighted by molar-refractivity contribution is 5.78. The maximum atomic E-state index is 13.1. The van der Waals surface area contributed by atoms with E-state index >= 15 is 0 Å². The highest BCUT2D eigenvalue weighted by Gasteiger charge is 2.23. The van der Waals surface area contributed by atoms with Crippen molar-refractivity contribution in [2.75, 3.05) is 33.2 Å². The number of rotatable bonds is 5. The van der Waals surface area contributed by atoms with Crippen LogP contribution in [0.1, 0.15) is 30.1 Å². The fraction of sp³-hybridized carbons (Fsp3) is 0.588. The third-order valence-electron chi connectivity index (χ3n) is 4.30. The number of carbonyl (C=O) groups is 1. The molecule has 0 bridgehead atoms. The first-order valence-corrected chi connectivity index (χ1v) is 7.95. The Balaban J connectivity index is 1.86. The normalized spacial score (nSPS) is 17.6. The fourth-order valence-corrected chi connectivity index (χ4v) is 2.92. The van der Waals surface area contributed by atoms with Gasteiger partial charge >= 0.3 is 0 Å². The maximum absolute atomic E-state index is 13.1. The molecule has 0 radical (unpaired) electrons. The molecule has 0 aromatic heterocycles. The van der Waals surface area contributed by atoms with Gasteiger partial charge in [0, 0.05) is 19.6 Å². The third kappa shape index (κ3) is 4.99. The number of carbonyl (C=O) groups excluding carboxylic acids is 1. The van der Waals surface area contributed by atoms with Crippen LogP contribution in [0.5, 0.6) is 0 Å². The Bertz CT molecular complexity index is 545. The molecule has 0 spiro atoms. The number of likely N-dealkylation sites (N-methyl/N-ethyl adjacent to an activating group) is 1. The summed E-state index contributed by atoms with van der Waals surface area (Å²) in [5.41, 5.74) is 1.37. The van der Waals surface area contributed by atoms with E-state index < -0.39 is 6.10 Å². The van der Waals surface area contributed by atoms with Gasteiger partial charge in [0.1, 0.15) is 5.82 Å². The van der Waals surface area contributed by atoms with Crippen LogP contribution in [0.3, 0.4) is 0 Å². The van der Waals surface area contributed by atoms with Crippen molar-refractivity contribution in [3.8, 4) is 0 Å². The number of nitrogens with zero attached hydrogens (tertiary/aromatic N) is 2. The van der Waals surface area contributed by atoms with E-state index in [0.29, 0.717) is 43.6 Å². The van der Waals surface area contributed by atoms with E-state index in [4.69, 9.17) is 0 Å². The fourth-order valence-electron chi connectivity index (χ4n) is 2.92. The molecule has 1 amide bonds. The number of halogens is 1. The molecule has 0 aliphatic carbocycles. The van der Waals surface area contributed by atoms with Crippen molar-refractivity contribution in [2.45, 2.75) is 32.0 Å². The zero-order chi connectivity index (χ0) is 17.0. The van der Waals surface area contributed by atoms with Gasteiger partial charge < -0.3 is 15.1 Å². The summed E-state index contributed by atoms with van der Waals surface area (Å²) >= 11 is 0. The summed E-state index contributed by atoms with van der Waals surface area (Å²) < 4.78 is 13.1. The summed E-state index contributed by atoms with van der Waals surface area (Å²) in [6, 6.07) is 4.30. The lowest BCUT2D eigenvalue weighted by atomic mass is 10.0. The number of aliphatic hydroxyl groups is 2. The Kier molecular flexibility index (Phi) is 6.10. The minimum Gasteiger partial charge on any atom is -0.393 e. The standard InChI is InChI=1S/C17H25FN2O3/c1-12-9-13(18)3-4-15(12)16(22)10-19(2)11-17(23)20-7-5-14(21)6-8-20/h3-4,9,14,16,21-22H,5-8,10-11H2,1-2H3. The van der Waals surface area contributed by atoms with E-state index in [1.807, 2.05) is 0 Å². The Labute approximate surface area is 136 Å². The Morgan fingerprint density at radius 3 is 2.70 bits per heavy atom. The summed E-state index contributed by atoms with van der Waals surface area (Å²) in [4.78, 5) is 15.7. The van der Waals surface area contributed by atoms with Gasteiger partial charge in [-0.3, -0.25) is 9.69 Å². The zero-order valence-electron chi connectivity index (χ0n) is 13.7. The second kappa shape index (κ2) is 7.86. The minimum absolute atomic E-state index is 0.00225. The molecule has 1 aromatic carbocycles. The Morgan fingerprint density at radius 2 is 2.09 bits per heavy atom. The lowest BCUT2D eigenvalue weighted by molar-refractivity contribution is -0.134. The monoisotopic (exact) mass is 324 g/mol. The number of benzene rings is 1. The molecule has 128 valence electrons. The van der Waals surface area contributed by atoms with Crippen molar-refractivity contribution in [2.24, 2.45) is 0 Å². The number of piperidine rings is 1. The van der Waals surface area contributed by atoms with Crippen molar-refractivity contribution in [1.29, 1.82) is 0 Å². The quantitative estimate of drug-likeness (QED) is 0.851. The Hall–Kier alpha value is -1.50. The first-order valence-electron chi connectivity index (χ1n) is 7.95. The molecule has 1 unspecified atom stereocenters. The van der Waals surface area contributed by atoms with Gasteiger partial charge in [0.2, 0.25) is 5.91 Å². The molecular weight excluding hydrogens is 299 g/mol. The van der Waals surface area contributed by atoms with Gasteiger partial charge in [-0.05, 0) is 50.1 Å². The summed E-state index contributed by atoms with van der Waals surface area (Å²) in [5.74, 6) is -0.323. The number of aryl methyl sites for hydroxylation is 1. The molecule has 1 heterocycles. The predicted molar refractivity (Wildman–Crippen MR) is 85.4 cm³/mol. The van der Waals surface area contributed by atoms with Gasteiger partial charge in [-0.2, -0.15) is 0 Å². The van der Waals surface area contributed by atoms with Crippen LogP contribution in [0.2, 0.25) is 0 Å². The first-order chi connectivity index (χ1) is 10.9. The van der Waals surface area contributed by atoms with Crippen LogP contribution in [-0.2, 0) is 4.79 Å². The smallest absolute Gasteiger partial charge is 0.236 e. The van der Waals surface area contributed by atoms with Gasteiger partial charge in [-0.15, -0.1) is 0 Å². The summed E-state index contributed by atoms with van der Waals surface area (Å²) in [6.07, 6.45) is 0.163. The van der Waals surface area contributed by atoms with Crippen molar-refractivity contribution in [3.05, 3.63) is 35.1 Å². The molecule has 6 heteroatoms. The first kappa shape index (κ1) is 17.8. The van der Waals surface area contributed by atoms with Crippen LogP contribution in [0, 0.1) is 12.7 Å². The molecule has 0 saturated carbocycles. The number of likely N-dealkylation sites (tertiary alicyclic amines) is 1. The maximum Gasteiger partial charge on any atom is 0.236 e. The summed E-state index contributed by atoms with van der Waals surface area (Å²) in [6.45, 7) is 3.43. The minimum atomic E-state index is -0.767. The molecule has 1 fully saturated rings. The molecule has 1 aliphatic heterocycles. The average molecular weight is 324 g/mol. The Morgan fingerprint density at radius 1 is 1.43 bits per heavy atom. The van der Waals surface area contributed by atoms with E-state index in [1.165, 1.54) is 12.1 Å². The highest BCUT2D eigenvalue weighted by Crippen LogP contribution is 2.19.